The molecule has 1 heterocycles. The number of aliphatic carboxylic acids is 1. The van der Waals surface area contributed by atoms with E-state index in [1.807, 2.05) is 0 Å². The average molecular weight is 225 g/mol. The molecular formula is C10H11NO5. The molecule has 1 rings (SSSR count). The average Bonchev–Trinajstić information content (AvgIpc) is 2.72. The van der Waals surface area contributed by atoms with Gasteiger partial charge in [0.15, 0.2) is 6.29 Å². The van der Waals surface area contributed by atoms with Crippen molar-refractivity contribution in [1.29, 1.82) is 0 Å². The lowest BCUT2D eigenvalue weighted by molar-refractivity contribution is -0.149. The van der Waals surface area contributed by atoms with E-state index in [1.54, 1.807) is 6.07 Å². The molecule has 86 valence electrons. The van der Waals surface area contributed by atoms with Crippen molar-refractivity contribution in [2.24, 2.45) is 0 Å². The third-order valence-corrected chi connectivity index (χ3v) is 2.11. The Balaban J connectivity index is 3.05. The van der Waals surface area contributed by atoms with Gasteiger partial charge in [-0.2, -0.15) is 0 Å². The summed E-state index contributed by atoms with van der Waals surface area (Å²) < 4.78 is 5.78. The number of aldehydes is 1. The first kappa shape index (κ1) is 12.0. The Kier molecular flexibility index (Phi) is 3.82. The topological polar surface area (TPSA) is 85.6 Å². The summed E-state index contributed by atoms with van der Waals surface area (Å²) in [5.41, 5.74) is 0.233. The third-order valence-electron chi connectivity index (χ3n) is 2.11. The molecule has 6 nitrogen and oxygen atoms in total. The molecule has 1 aromatic rings. The molecule has 0 fully saturated rings. The highest BCUT2D eigenvalue weighted by atomic mass is 16.5. The maximum Gasteiger partial charge on any atom is 0.329 e. The van der Waals surface area contributed by atoms with Gasteiger partial charge in [-0.05, 0) is 12.1 Å². The van der Waals surface area contributed by atoms with Crippen LogP contribution < -0.4 is 0 Å². The van der Waals surface area contributed by atoms with Crippen LogP contribution in [-0.4, -0.2) is 35.0 Å². The second-order valence-electron chi connectivity index (χ2n) is 3.09. The normalized spacial score (nSPS) is 11.8. The Bertz CT molecular complexity index is 409. The maximum atomic E-state index is 11.4. The highest BCUT2D eigenvalue weighted by Crippen LogP contribution is 2.16. The first-order valence-corrected chi connectivity index (χ1v) is 4.51. The molecule has 0 aliphatic carbocycles. The number of carboxylic acids is 1. The van der Waals surface area contributed by atoms with Gasteiger partial charge in [0.05, 0.1) is 19.2 Å². The van der Waals surface area contributed by atoms with Gasteiger partial charge in [0, 0.05) is 6.20 Å². The van der Waals surface area contributed by atoms with E-state index in [9.17, 15) is 14.4 Å². The first-order valence-electron chi connectivity index (χ1n) is 4.51. The second kappa shape index (κ2) is 5.11. The molecule has 0 aromatic carbocycles. The summed E-state index contributed by atoms with van der Waals surface area (Å²) in [6, 6.07) is 2.03. The van der Waals surface area contributed by atoms with Gasteiger partial charge in [0.1, 0.15) is 6.04 Å². The van der Waals surface area contributed by atoms with Gasteiger partial charge < -0.3 is 14.4 Å². The predicted molar refractivity (Wildman–Crippen MR) is 53.1 cm³/mol. The lowest BCUT2D eigenvalue weighted by atomic mass is 10.2. The number of carbonyl (C=O) groups is 3. The number of ether oxygens (including phenoxy) is 1. The largest absolute Gasteiger partial charge is 0.481 e. The molecule has 0 bridgehead atoms. The second-order valence-corrected chi connectivity index (χ2v) is 3.09. The number of methoxy groups -OCH3 is 1. The number of rotatable bonds is 5. The zero-order valence-electron chi connectivity index (χ0n) is 8.62. The van der Waals surface area contributed by atoms with Crippen LogP contribution in [0.4, 0.5) is 0 Å². The molecule has 16 heavy (non-hydrogen) atoms. The summed E-state index contributed by atoms with van der Waals surface area (Å²) in [5, 5.41) is 8.68. The number of carbonyl (C=O) groups excluding carboxylic acids is 2. The molecule has 0 aliphatic rings. The van der Waals surface area contributed by atoms with E-state index in [0.29, 0.717) is 6.29 Å². The molecule has 0 aliphatic heterocycles. The van der Waals surface area contributed by atoms with Crippen molar-refractivity contribution in [2.45, 2.75) is 12.5 Å². The Hall–Kier alpha value is -2.11. The minimum Gasteiger partial charge on any atom is -0.481 e. The molecule has 0 spiro atoms. The lowest BCUT2D eigenvalue weighted by Crippen LogP contribution is -2.24. The van der Waals surface area contributed by atoms with Crippen molar-refractivity contribution < 1.29 is 24.2 Å². The quantitative estimate of drug-likeness (QED) is 0.582. The minimum absolute atomic E-state index is 0.233. The van der Waals surface area contributed by atoms with Crippen LogP contribution in [0, 0.1) is 0 Å². The van der Waals surface area contributed by atoms with Crippen LogP contribution in [-0.2, 0) is 14.3 Å². The van der Waals surface area contributed by atoms with Crippen molar-refractivity contribution >= 4 is 18.2 Å². The van der Waals surface area contributed by atoms with Crippen LogP contribution in [0.5, 0.6) is 0 Å². The molecule has 0 radical (unpaired) electrons. The zero-order chi connectivity index (χ0) is 12.1. The van der Waals surface area contributed by atoms with Crippen molar-refractivity contribution in [2.75, 3.05) is 7.11 Å². The van der Waals surface area contributed by atoms with E-state index in [0.717, 1.165) is 0 Å². The number of carboxylic acid groups (broad SMARTS) is 1. The third kappa shape index (κ3) is 2.47. The number of nitrogens with zero attached hydrogens (tertiary/aromatic N) is 1. The van der Waals surface area contributed by atoms with Crippen molar-refractivity contribution in [1.82, 2.24) is 4.57 Å². The van der Waals surface area contributed by atoms with E-state index >= 15 is 0 Å². The Labute approximate surface area is 91.4 Å². The summed E-state index contributed by atoms with van der Waals surface area (Å²) in [7, 11) is 1.17. The fourth-order valence-electron chi connectivity index (χ4n) is 1.39. The van der Waals surface area contributed by atoms with E-state index < -0.39 is 24.4 Å². The Morgan fingerprint density at radius 3 is 2.81 bits per heavy atom. The van der Waals surface area contributed by atoms with Gasteiger partial charge in [-0.15, -0.1) is 0 Å². The zero-order valence-corrected chi connectivity index (χ0v) is 8.62. The molecule has 6 heteroatoms. The summed E-state index contributed by atoms with van der Waals surface area (Å²) in [6.45, 7) is 0. The molecular weight excluding hydrogens is 214 g/mol. The minimum atomic E-state index is -1.14. The fourth-order valence-corrected chi connectivity index (χ4v) is 1.39. The maximum absolute atomic E-state index is 11.4. The highest BCUT2D eigenvalue weighted by Gasteiger charge is 2.25. The van der Waals surface area contributed by atoms with Crippen molar-refractivity contribution in [3.63, 3.8) is 0 Å². The van der Waals surface area contributed by atoms with E-state index in [1.165, 1.54) is 23.9 Å². The molecule has 1 aromatic heterocycles. The van der Waals surface area contributed by atoms with Gasteiger partial charge in [-0.25, -0.2) is 4.79 Å². The number of aromatic nitrogens is 1. The van der Waals surface area contributed by atoms with Gasteiger partial charge in [0.2, 0.25) is 0 Å². The Morgan fingerprint density at radius 1 is 1.62 bits per heavy atom. The van der Waals surface area contributed by atoms with Gasteiger partial charge in [-0.3, -0.25) is 9.59 Å². The summed E-state index contributed by atoms with van der Waals surface area (Å²) in [5.74, 6) is -1.83. The lowest BCUT2D eigenvalue weighted by Gasteiger charge is -2.15. The molecule has 1 N–H and O–H groups in total. The van der Waals surface area contributed by atoms with Crippen LogP contribution in [0.3, 0.4) is 0 Å². The van der Waals surface area contributed by atoms with Crippen LogP contribution in [0.1, 0.15) is 23.0 Å². The SMILES string of the molecule is COC(=O)[C@H](CC(=O)O)n1cccc1C=O. The first-order chi connectivity index (χ1) is 7.60. The summed E-state index contributed by atoms with van der Waals surface area (Å²) >= 11 is 0. The van der Waals surface area contributed by atoms with E-state index in [4.69, 9.17) is 5.11 Å². The molecule has 0 amide bonds. The van der Waals surface area contributed by atoms with Crippen LogP contribution in [0.25, 0.3) is 0 Å². The number of esters is 1. The standard InChI is InChI=1S/C10H11NO5/c1-16-10(15)8(5-9(13)14)11-4-2-3-7(11)6-12/h2-4,6,8H,5H2,1H3,(H,13,14)/t8-/m0/s1. The summed E-state index contributed by atoms with van der Waals surface area (Å²) in [6.07, 6.45) is 1.59. The van der Waals surface area contributed by atoms with E-state index in [2.05, 4.69) is 4.74 Å². The summed E-state index contributed by atoms with van der Waals surface area (Å²) in [4.78, 5) is 32.7. The fraction of sp³-hybridized carbons (Fsp3) is 0.300. The monoisotopic (exact) mass is 225 g/mol. The van der Waals surface area contributed by atoms with Gasteiger partial charge in [0.25, 0.3) is 0 Å². The van der Waals surface area contributed by atoms with Crippen LogP contribution in [0.2, 0.25) is 0 Å². The van der Waals surface area contributed by atoms with Crippen LogP contribution >= 0.6 is 0 Å². The molecule has 0 saturated heterocycles. The molecule has 0 unspecified atom stereocenters. The highest BCUT2D eigenvalue weighted by molar-refractivity contribution is 5.82. The van der Waals surface area contributed by atoms with Crippen molar-refractivity contribution in [3.05, 3.63) is 24.0 Å². The number of hydrogen-bond acceptors (Lipinski definition) is 4. The van der Waals surface area contributed by atoms with E-state index in [-0.39, 0.29) is 5.69 Å². The molecule has 0 saturated carbocycles. The van der Waals surface area contributed by atoms with Crippen LogP contribution in [0.15, 0.2) is 18.3 Å². The van der Waals surface area contributed by atoms with Gasteiger partial charge >= 0.3 is 11.9 Å². The van der Waals surface area contributed by atoms with Gasteiger partial charge in [-0.1, -0.05) is 0 Å². The number of hydrogen-bond donors (Lipinski definition) is 1. The molecule has 1 atom stereocenters. The Morgan fingerprint density at radius 2 is 2.31 bits per heavy atom. The predicted octanol–water partition coefficient (Wildman–Crippen LogP) is 0.489. The smallest absolute Gasteiger partial charge is 0.329 e. The van der Waals surface area contributed by atoms with Crippen molar-refractivity contribution in [3.8, 4) is 0 Å².